The molecule has 2 aliphatic heterocycles. The molecule has 52 heavy (non-hydrogen) atoms. The van der Waals surface area contributed by atoms with E-state index in [9.17, 15) is 0 Å². The molecule has 0 atom stereocenters. The Balaban J connectivity index is 1.63. The van der Waals surface area contributed by atoms with Gasteiger partial charge in [0.2, 0.25) is 0 Å². The number of anilines is 4. The minimum atomic E-state index is 0.628. The lowest BCUT2D eigenvalue weighted by molar-refractivity contribution is 1.17. The number of rotatable bonds is 4. The summed E-state index contributed by atoms with van der Waals surface area (Å²) in [6, 6.07) is 42.1. The number of nitrogen functional groups attached to an aromatic ring is 4. The molecule has 8 heteroatoms. The van der Waals surface area contributed by atoms with E-state index in [2.05, 4.69) is 46.0 Å². The quantitative estimate of drug-likeness (QED) is 0.117. The van der Waals surface area contributed by atoms with Crippen LogP contribution >= 0.6 is 0 Å². The molecule has 2 aliphatic rings. The Kier molecular flexibility index (Phi) is 7.22. The van der Waals surface area contributed by atoms with E-state index in [0.717, 1.165) is 83.9 Å². The Hall–Kier alpha value is -7.32. The first-order chi connectivity index (χ1) is 25.4. The van der Waals surface area contributed by atoms with Crippen LogP contribution in [0.15, 0.2) is 127 Å². The largest absolute Gasteiger partial charge is 0.399 e. The van der Waals surface area contributed by atoms with E-state index in [1.165, 1.54) is 0 Å². The van der Waals surface area contributed by atoms with Crippen LogP contribution in [-0.4, -0.2) is 19.5 Å². The van der Waals surface area contributed by atoms with E-state index in [-0.39, 0.29) is 0 Å². The molecule has 4 aromatic carbocycles. The number of hydrogen-bond acceptors (Lipinski definition) is 6. The van der Waals surface area contributed by atoms with Gasteiger partial charge in [0.05, 0.1) is 33.8 Å². The van der Waals surface area contributed by atoms with E-state index in [1.54, 1.807) is 0 Å². The van der Waals surface area contributed by atoms with Crippen molar-refractivity contribution in [3.05, 3.63) is 150 Å². The molecule has 0 saturated carbocycles. The van der Waals surface area contributed by atoms with Crippen molar-refractivity contribution in [1.82, 2.24) is 19.5 Å². The molecule has 8 nitrogen and oxygen atoms in total. The maximum absolute atomic E-state index is 6.55. The van der Waals surface area contributed by atoms with Crippen molar-refractivity contribution in [2.45, 2.75) is 0 Å². The maximum atomic E-state index is 6.55. The van der Waals surface area contributed by atoms with Crippen molar-refractivity contribution >= 4 is 69.1 Å². The smallest absolute Gasteiger partial charge is 0.0737 e. The summed E-state index contributed by atoms with van der Waals surface area (Å²) in [6.07, 6.45) is 8.16. The zero-order valence-electron chi connectivity index (χ0n) is 28.1. The number of fused-ring (bicyclic) bond motifs is 8. The second-order valence-corrected chi connectivity index (χ2v) is 13.0. The first-order valence-electron chi connectivity index (χ1n) is 17.0. The van der Waals surface area contributed by atoms with E-state index >= 15 is 0 Å². The van der Waals surface area contributed by atoms with Crippen molar-refractivity contribution in [3.8, 4) is 39.1 Å². The summed E-state index contributed by atoms with van der Waals surface area (Å²) in [6.45, 7) is 0. The third-order valence-corrected chi connectivity index (χ3v) is 9.32. The lowest BCUT2D eigenvalue weighted by Gasteiger charge is -2.14. The number of aromatic nitrogens is 4. The molecule has 0 aliphatic carbocycles. The monoisotopic (exact) mass is 674 g/mol. The van der Waals surface area contributed by atoms with Crippen LogP contribution in [0.25, 0.3) is 85.4 Å². The minimum Gasteiger partial charge on any atom is -0.399 e. The molecule has 0 fully saturated rings. The Labute approximate surface area is 300 Å². The van der Waals surface area contributed by atoms with Gasteiger partial charge in [0.25, 0.3) is 0 Å². The molecule has 9 rings (SSSR count). The maximum Gasteiger partial charge on any atom is 0.0737 e. The minimum absolute atomic E-state index is 0.628. The highest BCUT2D eigenvalue weighted by atomic mass is 15.0. The molecule has 3 aromatic heterocycles. The van der Waals surface area contributed by atoms with Gasteiger partial charge < -0.3 is 32.5 Å². The fourth-order valence-corrected chi connectivity index (χ4v) is 7.17. The van der Waals surface area contributed by atoms with Crippen LogP contribution in [0.4, 0.5) is 22.7 Å². The number of H-pyrrole nitrogens is 1. The Morgan fingerprint density at radius 2 is 0.942 bits per heavy atom. The molecule has 0 saturated heterocycles. The SMILES string of the molecule is Nc1cccc(-c2c(-c3cccc(N)c3)c3c(-c4cccc(N)c4)c4nc(cc5ccc(cc6nc(cc2n3-c2cccc(N)c2)C=C6)[nH]5)C=C4)c1. The molecule has 0 radical (unpaired) electrons. The number of nitrogens with zero attached hydrogens (tertiary/aromatic N) is 3. The van der Waals surface area contributed by atoms with Crippen LogP contribution in [0.3, 0.4) is 0 Å². The van der Waals surface area contributed by atoms with Crippen LogP contribution < -0.4 is 22.9 Å². The number of aromatic amines is 1. The summed E-state index contributed by atoms with van der Waals surface area (Å²) in [7, 11) is 0. The third-order valence-electron chi connectivity index (χ3n) is 9.32. The first-order valence-corrected chi connectivity index (χ1v) is 17.0. The van der Waals surface area contributed by atoms with Gasteiger partial charge >= 0.3 is 0 Å². The molecule has 0 unspecified atom stereocenters. The van der Waals surface area contributed by atoms with Gasteiger partial charge in [0.1, 0.15) is 0 Å². The second-order valence-electron chi connectivity index (χ2n) is 13.0. The van der Waals surface area contributed by atoms with Crippen LogP contribution in [0.5, 0.6) is 0 Å². The van der Waals surface area contributed by atoms with E-state index in [4.69, 9.17) is 32.9 Å². The van der Waals surface area contributed by atoms with Gasteiger partial charge in [-0.2, -0.15) is 0 Å². The Morgan fingerprint density at radius 1 is 0.442 bits per heavy atom. The average Bonchev–Trinajstić information content (AvgIpc) is 3.93. The average molecular weight is 675 g/mol. The predicted molar refractivity (Wildman–Crippen MR) is 218 cm³/mol. The van der Waals surface area contributed by atoms with Crippen LogP contribution in [0.1, 0.15) is 22.8 Å². The Morgan fingerprint density at radius 3 is 1.54 bits per heavy atom. The van der Waals surface area contributed by atoms with Gasteiger partial charge in [0, 0.05) is 56.2 Å². The summed E-state index contributed by atoms with van der Waals surface area (Å²) < 4.78 is 2.25. The number of nitrogens with two attached hydrogens (primary N) is 4. The zero-order chi connectivity index (χ0) is 35.3. The van der Waals surface area contributed by atoms with E-state index < -0.39 is 0 Å². The molecule has 5 heterocycles. The van der Waals surface area contributed by atoms with Crippen LogP contribution in [0.2, 0.25) is 0 Å². The molecule has 7 aromatic rings. The van der Waals surface area contributed by atoms with Crippen molar-refractivity contribution in [2.24, 2.45) is 0 Å². The number of benzene rings is 4. The Bertz CT molecular complexity index is 2800. The van der Waals surface area contributed by atoms with Crippen molar-refractivity contribution in [3.63, 3.8) is 0 Å². The molecular weight excluding hydrogens is 641 g/mol. The summed E-state index contributed by atoms with van der Waals surface area (Å²) in [4.78, 5) is 13.8. The third kappa shape index (κ3) is 5.54. The number of nitrogens with one attached hydrogen (secondary N) is 1. The molecule has 8 bridgehead atoms. The summed E-state index contributed by atoms with van der Waals surface area (Å²) in [5.74, 6) is 0. The highest BCUT2D eigenvalue weighted by Crippen LogP contribution is 2.48. The molecule has 0 amide bonds. The topological polar surface area (TPSA) is 151 Å². The van der Waals surface area contributed by atoms with Gasteiger partial charge in [-0.05, 0) is 126 Å². The number of hydrogen-bond donors (Lipinski definition) is 5. The fourth-order valence-electron chi connectivity index (χ4n) is 7.17. The zero-order valence-corrected chi connectivity index (χ0v) is 28.1. The van der Waals surface area contributed by atoms with E-state index in [1.807, 2.05) is 115 Å². The van der Waals surface area contributed by atoms with Crippen LogP contribution in [0, 0.1) is 0 Å². The standard InChI is InChI=1S/C44H34N8/c45-29-8-1-5-26(19-29)41-39-18-17-36(51-39)24-35-14-13-33(49-35)23-34-15-16-37(50-34)25-40-42(27-6-2-9-30(46)20-27)43(28-7-3-10-31(47)21-28)44(41)52(40)38-12-4-11-32(48)22-38/h1-25,49H,45-48H2. The molecular formula is C44H34N8. The van der Waals surface area contributed by atoms with E-state index in [0.29, 0.717) is 22.7 Å². The first kappa shape index (κ1) is 30.7. The molecule has 0 spiro atoms. The lowest BCUT2D eigenvalue weighted by atomic mass is 9.92. The van der Waals surface area contributed by atoms with Crippen LogP contribution in [-0.2, 0) is 0 Å². The highest BCUT2D eigenvalue weighted by molar-refractivity contribution is 6.11. The summed E-state index contributed by atoms with van der Waals surface area (Å²) in [5.41, 5.74) is 41.9. The van der Waals surface area contributed by atoms with Gasteiger partial charge in [-0.3, -0.25) is 0 Å². The van der Waals surface area contributed by atoms with Gasteiger partial charge in [-0.15, -0.1) is 0 Å². The summed E-state index contributed by atoms with van der Waals surface area (Å²) >= 11 is 0. The van der Waals surface area contributed by atoms with Gasteiger partial charge in [0.15, 0.2) is 0 Å². The van der Waals surface area contributed by atoms with Crippen molar-refractivity contribution in [1.29, 1.82) is 0 Å². The highest BCUT2D eigenvalue weighted by Gasteiger charge is 2.26. The summed E-state index contributed by atoms with van der Waals surface area (Å²) in [5, 5.41) is 0. The van der Waals surface area contributed by atoms with Gasteiger partial charge in [-0.25, -0.2) is 9.97 Å². The van der Waals surface area contributed by atoms with Gasteiger partial charge in [-0.1, -0.05) is 42.5 Å². The van der Waals surface area contributed by atoms with Crippen molar-refractivity contribution < 1.29 is 0 Å². The lowest BCUT2D eigenvalue weighted by Crippen LogP contribution is -1.99. The van der Waals surface area contributed by atoms with Crippen molar-refractivity contribution in [2.75, 3.05) is 22.9 Å². The molecule has 250 valence electrons. The second kappa shape index (κ2) is 12.2. The normalized spacial score (nSPS) is 12.0. The molecule has 9 N–H and O–H groups in total. The predicted octanol–water partition coefficient (Wildman–Crippen LogP) is 9.45. The fraction of sp³-hybridized carbons (Fsp3) is 0.